The van der Waals surface area contributed by atoms with Crippen LogP contribution in [0.5, 0.6) is 0 Å². The summed E-state index contributed by atoms with van der Waals surface area (Å²) in [5, 5.41) is 0. The van der Waals surface area contributed by atoms with Gasteiger partial charge in [0.05, 0.1) is 10.5 Å². The molecule has 0 amide bonds. The molecule has 2 aromatic rings. The summed E-state index contributed by atoms with van der Waals surface area (Å²) in [6.45, 7) is 6.68. The van der Waals surface area contributed by atoms with Crippen molar-refractivity contribution in [3.8, 4) is 0 Å². The second-order valence-electron chi connectivity index (χ2n) is 12.7. The highest BCUT2D eigenvalue weighted by Gasteiger charge is 2.53. The van der Waals surface area contributed by atoms with Gasteiger partial charge in [0, 0.05) is 18.2 Å². The van der Waals surface area contributed by atoms with Gasteiger partial charge in [-0.25, -0.2) is 13.2 Å². The van der Waals surface area contributed by atoms with E-state index in [0.717, 1.165) is 19.3 Å². The number of nitrogens with zero attached hydrogens (tertiary/aromatic N) is 1. The lowest BCUT2D eigenvalue weighted by molar-refractivity contribution is 0.0474. The minimum absolute atomic E-state index is 0.0357. The average Bonchev–Trinajstić information content (AvgIpc) is 3.16. The number of hydrogen-bond acceptors (Lipinski definition) is 5. The number of fused-ring (bicyclic) bond motifs is 2. The van der Waals surface area contributed by atoms with Crippen molar-refractivity contribution in [2.24, 2.45) is 10.8 Å². The van der Waals surface area contributed by atoms with E-state index in [9.17, 15) is 18.0 Å². The Bertz CT molecular complexity index is 1310. The lowest BCUT2D eigenvalue weighted by Gasteiger charge is -2.39. The summed E-state index contributed by atoms with van der Waals surface area (Å²) in [7, 11) is -3.77. The third kappa shape index (κ3) is 5.59. The molecule has 7 heteroatoms. The van der Waals surface area contributed by atoms with E-state index in [-0.39, 0.29) is 39.7 Å². The highest BCUT2D eigenvalue weighted by Crippen LogP contribution is 2.53. The fraction of sp³-hybridized carbons (Fsp3) is 0.548. The van der Waals surface area contributed by atoms with E-state index in [1.807, 2.05) is 12.1 Å². The summed E-state index contributed by atoms with van der Waals surface area (Å²) in [6.07, 6.45) is 8.86. The van der Waals surface area contributed by atoms with Gasteiger partial charge in [-0.05, 0) is 72.6 Å². The van der Waals surface area contributed by atoms with Crippen molar-refractivity contribution < 1.29 is 22.7 Å². The Hall–Kier alpha value is -2.51. The first-order valence-corrected chi connectivity index (χ1v) is 15.3. The van der Waals surface area contributed by atoms with Crippen molar-refractivity contribution in [2.75, 3.05) is 13.2 Å². The summed E-state index contributed by atoms with van der Waals surface area (Å²) in [6, 6.07) is 13.6. The molecule has 1 heterocycles. The Balaban J connectivity index is 1.23. The van der Waals surface area contributed by atoms with Crippen LogP contribution in [0.15, 0.2) is 53.4 Å². The van der Waals surface area contributed by atoms with Gasteiger partial charge in [0.25, 0.3) is 0 Å². The van der Waals surface area contributed by atoms with Crippen molar-refractivity contribution in [1.29, 1.82) is 0 Å². The van der Waals surface area contributed by atoms with Crippen LogP contribution in [0.3, 0.4) is 0 Å². The second-order valence-corrected chi connectivity index (χ2v) is 14.6. The summed E-state index contributed by atoms with van der Waals surface area (Å²) in [5.74, 6) is -0.427. The van der Waals surface area contributed by atoms with E-state index in [4.69, 9.17) is 4.74 Å². The zero-order valence-corrected chi connectivity index (χ0v) is 23.6. The number of ether oxygens (including phenoxy) is 1. The molecule has 3 aliphatic rings. The van der Waals surface area contributed by atoms with Gasteiger partial charge in [0.1, 0.15) is 0 Å². The topological polar surface area (TPSA) is 80.8 Å². The molecule has 0 spiro atoms. The van der Waals surface area contributed by atoms with Crippen LogP contribution >= 0.6 is 0 Å². The van der Waals surface area contributed by atoms with Crippen LogP contribution in [0.25, 0.3) is 0 Å². The third-order valence-corrected chi connectivity index (χ3v) is 10.6. The third-order valence-electron chi connectivity index (χ3n) is 8.69. The molecular formula is C31H39NO5S. The van der Waals surface area contributed by atoms with Gasteiger partial charge < -0.3 is 4.74 Å². The molecule has 0 aromatic heterocycles. The van der Waals surface area contributed by atoms with Crippen LogP contribution in [0.4, 0.5) is 0 Å². The van der Waals surface area contributed by atoms with Crippen LogP contribution in [0.2, 0.25) is 0 Å². The Morgan fingerprint density at radius 2 is 1.66 bits per heavy atom. The Kier molecular flexibility index (Phi) is 7.29. The number of esters is 1. The molecule has 38 heavy (non-hydrogen) atoms. The number of sulfonamides is 1. The molecule has 3 fully saturated rings. The zero-order valence-electron chi connectivity index (χ0n) is 22.7. The summed E-state index contributed by atoms with van der Waals surface area (Å²) in [5.41, 5.74) is 1.95. The maximum absolute atomic E-state index is 13.6. The average molecular weight is 538 g/mol. The fourth-order valence-electron chi connectivity index (χ4n) is 7.28. The van der Waals surface area contributed by atoms with Gasteiger partial charge in [0.2, 0.25) is 10.0 Å². The van der Waals surface area contributed by atoms with Crippen molar-refractivity contribution in [3.05, 3.63) is 65.2 Å². The summed E-state index contributed by atoms with van der Waals surface area (Å²) < 4.78 is 34.2. The monoisotopic (exact) mass is 537 g/mol. The van der Waals surface area contributed by atoms with E-state index >= 15 is 0 Å². The normalized spacial score (nSPS) is 25.7. The van der Waals surface area contributed by atoms with Gasteiger partial charge in [-0.2, -0.15) is 4.31 Å². The van der Waals surface area contributed by atoms with E-state index < -0.39 is 16.0 Å². The first-order valence-electron chi connectivity index (χ1n) is 13.9. The molecule has 6 nitrogen and oxygen atoms in total. The van der Waals surface area contributed by atoms with Gasteiger partial charge in [-0.3, -0.25) is 4.79 Å². The van der Waals surface area contributed by atoms with Crippen LogP contribution in [-0.4, -0.2) is 43.7 Å². The van der Waals surface area contributed by atoms with Crippen LogP contribution in [0.1, 0.15) is 104 Å². The number of carbonyl (C=O) groups excluding carboxylic acids is 2. The predicted molar refractivity (Wildman–Crippen MR) is 147 cm³/mol. The minimum Gasteiger partial charge on any atom is -0.454 e. The van der Waals surface area contributed by atoms with Crippen molar-refractivity contribution in [2.45, 2.75) is 89.0 Å². The van der Waals surface area contributed by atoms with Crippen LogP contribution < -0.4 is 0 Å². The van der Waals surface area contributed by atoms with Crippen molar-refractivity contribution >= 4 is 21.8 Å². The quantitative estimate of drug-likeness (QED) is 0.303. The maximum Gasteiger partial charge on any atom is 0.338 e. The highest BCUT2D eigenvalue weighted by atomic mass is 32.2. The molecule has 1 aliphatic heterocycles. The SMILES string of the molecule is CC1(C)CC2CC(C)(CN2S(=O)(=O)c2cccc(C(=O)OCC(=O)c3ccc(C4CCCCC4)cc3)c2)C1. The molecule has 1 saturated heterocycles. The summed E-state index contributed by atoms with van der Waals surface area (Å²) >= 11 is 0. The number of Topliss-reactive ketones (excluding diaryl/α,β-unsaturated/α-hetero) is 1. The Morgan fingerprint density at radius 3 is 2.37 bits per heavy atom. The number of hydrogen-bond donors (Lipinski definition) is 0. The van der Waals surface area contributed by atoms with Crippen molar-refractivity contribution in [1.82, 2.24) is 4.31 Å². The molecule has 0 N–H and O–H groups in total. The molecule has 2 aromatic carbocycles. The number of carbonyl (C=O) groups is 2. The Labute approximate surface area is 226 Å². The molecule has 2 aliphatic carbocycles. The van der Waals surface area contributed by atoms with E-state index in [0.29, 0.717) is 18.0 Å². The van der Waals surface area contributed by atoms with Gasteiger partial charge in [-0.1, -0.05) is 70.4 Å². The summed E-state index contributed by atoms with van der Waals surface area (Å²) in [4.78, 5) is 25.5. The molecule has 2 bridgehead atoms. The van der Waals surface area contributed by atoms with E-state index in [1.54, 1.807) is 22.5 Å². The van der Waals surface area contributed by atoms with Crippen LogP contribution in [0, 0.1) is 10.8 Å². The fourth-order valence-corrected chi connectivity index (χ4v) is 9.10. The predicted octanol–water partition coefficient (Wildman–Crippen LogP) is 6.36. The molecule has 204 valence electrons. The minimum atomic E-state index is -3.77. The van der Waals surface area contributed by atoms with Gasteiger partial charge in [-0.15, -0.1) is 0 Å². The lowest BCUT2D eigenvalue weighted by atomic mass is 9.65. The molecule has 2 unspecified atom stereocenters. The highest BCUT2D eigenvalue weighted by molar-refractivity contribution is 7.89. The second kappa shape index (κ2) is 10.2. The number of ketones is 1. The van der Waals surface area contributed by atoms with Gasteiger partial charge in [0.15, 0.2) is 12.4 Å². The maximum atomic E-state index is 13.6. The molecule has 2 saturated carbocycles. The first-order chi connectivity index (χ1) is 18.0. The molecule has 0 radical (unpaired) electrons. The first kappa shape index (κ1) is 27.1. The van der Waals surface area contributed by atoms with Gasteiger partial charge >= 0.3 is 5.97 Å². The van der Waals surface area contributed by atoms with E-state index in [1.165, 1.54) is 55.9 Å². The van der Waals surface area contributed by atoms with Crippen molar-refractivity contribution in [3.63, 3.8) is 0 Å². The van der Waals surface area contributed by atoms with Crippen LogP contribution in [-0.2, 0) is 14.8 Å². The smallest absolute Gasteiger partial charge is 0.338 e. The largest absolute Gasteiger partial charge is 0.454 e. The molecule has 5 rings (SSSR count). The standard InChI is InChI=1S/C31H39NO5S/c1-30(2)17-26-18-31(3,20-30)21-32(26)38(35,36)27-11-7-10-25(16-27)29(34)37-19-28(33)24-14-12-23(13-15-24)22-8-5-4-6-9-22/h7,10-16,22,26H,4-6,8-9,17-21H2,1-3H3. The lowest BCUT2D eigenvalue weighted by Crippen LogP contribution is -2.37. The number of rotatable bonds is 7. The molecular weight excluding hydrogens is 498 g/mol. The zero-order chi connectivity index (χ0) is 27.1. The Morgan fingerprint density at radius 1 is 0.947 bits per heavy atom. The molecule has 2 atom stereocenters. The van der Waals surface area contributed by atoms with E-state index in [2.05, 4.69) is 20.8 Å². The number of benzene rings is 2.